The summed E-state index contributed by atoms with van der Waals surface area (Å²) in [4.78, 5) is 0. The van der Waals surface area contributed by atoms with E-state index in [0.29, 0.717) is 0 Å². The molecule has 0 atom stereocenters. The molecule has 16 heavy (non-hydrogen) atoms. The van der Waals surface area contributed by atoms with Crippen LogP contribution in [0.2, 0.25) is 0 Å². The zero-order valence-corrected chi connectivity index (χ0v) is 11.9. The van der Waals surface area contributed by atoms with Crippen LogP contribution in [0.4, 0.5) is 0 Å². The lowest BCUT2D eigenvalue weighted by atomic mass is 10.2. The van der Waals surface area contributed by atoms with E-state index in [0.717, 1.165) is 32.6 Å². The van der Waals surface area contributed by atoms with Crippen molar-refractivity contribution in [3.05, 3.63) is 45.0 Å². The number of halogens is 2. The van der Waals surface area contributed by atoms with Gasteiger partial charge < -0.3 is 9.73 Å². The van der Waals surface area contributed by atoms with Crippen LogP contribution in [0.1, 0.15) is 5.76 Å². The molecule has 4 heteroatoms. The summed E-state index contributed by atoms with van der Waals surface area (Å²) in [7, 11) is 1.90. The molecule has 2 rings (SSSR count). The average Bonchev–Trinajstić information content (AvgIpc) is 2.71. The first-order valence-corrected chi connectivity index (χ1v) is 6.48. The van der Waals surface area contributed by atoms with Gasteiger partial charge in [-0.05, 0) is 37.4 Å². The van der Waals surface area contributed by atoms with Crippen LogP contribution in [-0.2, 0) is 6.54 Å². The van der Waals surface area contributed by atoms with Gasteiger partial charge in [0.2, 0.25) is 0 Å². The molecule has 0 saturated heterocycles. The maximum Gasteiger partial charge on any atom is 0.135 e. The quantitative estimate of drug-likeness (QED) is 0.903. The van der Waals surface area contributed by atoms with Gasteiger partial charge in [0.25, 0.3) is 0 Å². The Morgan fingerprint density at radius 3 is 2.75 bits per heavy atom. The molecule has 0 saturated carbocycles. The normalized spacial score (nSPS) is 10.7. The molecule has 0 amide bonds. The molecule has 0 unspecified atom stereocenters. The van der Waals surface area contributed by atoms with Crippen LogP contribution in [-0.4, -0.2) is 7.05 Å². The minimum atomic E-state index is 0.742. The van der Waals surface area contributed by atoms with E-state index in [4.69, 9.17) is 4.42 Å². The lowest BCUT2D eigenvalue weighted by Crippen LogP contribution is -2.03. The van der Waals surface area contributed by atoms with Crippen LogP contribution >= 0.6 is 31.9 Å². The van der Waals surface area contributed by atoms with Gasteiger partial charge in [0.05, 0.1) is 6.54 Å². The first kappa shape index (κ1) is 11.9. The lowest BCUT2D eigenvalue weighted by molar-refractivity contribution is 0.507. The van der Waals surface area contributed by atoms with Gasteiger partial charge in [-0.2, -0.15) is 0 Å². The second-order valence-electron chi connectivity index (χ2n) is 3.42. The van der Waals surface area contributed by atoms with Gasteiger partial charge >= 0.3 is 0 Å². The summed E-state index contributed by atoms with van der Waals surface area (Å²) in [5.41, 5.74) is 1.05. The van der Waals surface area contributed by atoms with Crippen molar-refractivity contribution in [2.75, 3.05) is 7.05 Å². The van der Waals surface area contributed by atoms with E-state index in [2.05, 4.69) is 37.2 Å². The molecule has 0 spiro atoms. The highest BCUT2D eigenvalue weighted by molar-refractivity contribution is 9.11. The van der Waals surface area contributed by atoms with Crippen LogP contribution in [0.5, 0.6) is 0 Å². The summed E-state index contributed by atoms with van der Waals surface area (Å²) in [6.45, 7) is 0.742. The number of furan rings is 1. The topological polar surface area (TPSA) is 25.2 Å². The van der Waals surface area contributed by atoms with Crippen LogP contribution in [0.15, 0.2) is 43.7 Å². The molecule has 0 aliphatic rings. The van der Waals surface area contributed by atoms with Crippen molar-refractivity contribution in [3.63, 3.8) is 0 Å². The van der Waals surface area contributed by atoms with Crippen molar-refractivity contribution >= 4 is 31.9 Å². The summed E-state index contributed by atoms with van der Waals surface area (Å²) < 4.78 is 7.80. The fourth-order valence-electron chi connectivity index (χ4n) is 1.48. The van der Waals surface area contributed by atoms with Gasteiger partial charge in [-0.3, -0.25) is 0 Å². The third-order valence-corrected chi connectivity index (χ3v) is 3.39. The largest absolute Gasteiger partial charge is 0.460 e. The van der Waals surface area contributed by atoms with Crippen LogP contribution in [0.3, 0.4) is 0 Å². The lowest BCUT2D eigenvalue weighted by Gasteiger charge is -2.02. The van der Waals surface area contributed by atoms with E-state index in [1.54, 1.807) is 0 Å². The van der Waals surface area contributed by atoms with Gasteiger partial charge in [-0.15, -0.1) is 0 Å². The smallest absolute Gasteiger partial charge is 0.135 e. The molecule has 0 aliphatic carbocycles. The van der Waals surface area contributed by atoms with E-state index in [-0.39, 0.29) is 0 Å². The summed E-state index contributed by atoms with van der Waals surface area (Å²) in [5.74, 6) is 1.81. The van der Waals surface area contributed by atoms with Gasteiger partial charge in [0.1, 0.15) is 11.5 Å². The minimum Gasteiger partial charge on any atom is -0.460 e. The Hall–Kier alpha value is -0.580. The Labute approximate surface area is 111 Å². The summed E-state index contributed by atoms with van der Waals surface area (Å²) in [5, 5.41) is 3.06. The van der Waals surface area contributed by atoms with E-state index in [9.17, 15) is 0 Å². The Kier molecular flexibility index (Phi) is 3.84. The molecule has 1 aromatic heterocycles. The van der Waals surface area contributed by atoms with Crippen molar-refractivity contribution < 1.29 is 4.42 Å². The molecule has 2 nitrogen and oxygen atoms in total. The minimum absolute atomic E-state index is 0.742. The monoisotopic (exact) mass is 343 g/mol. The number of hydrogen-bond acceptors (Lipinski definition) is 2. The molecular weight excluding hydrogens is 334 g/mol. The molecule has 1 heterocycles. The van der Waals surface area contributed by atoms with Crippen molar-refractivity contribution in [1.82, 2.24) is 5.32 Å². The molecule has 84 valence electrons. The first-order chi connectivity index (χ1) is 7.70. The molecule has 0 fully saturated rings. The van der Waals surface area contributed by atoms with E-state index < -0.39 is 0 Å². The standard InChI is InChI=1S/C12H11Br2NO/c1-15-7-9-3-5-12(16-9)10-6-8(13)2-4-11(10)14/h2-6,15H,7H2,1H3. The predicted octanol–water partition coefficient (Wildman–Crippen LogP) is 4.19. The molecule has 2 aromatic rings. The van der Waals surface area contributed by atoms with Crippen molar-refractivity contribution in [2.45, 2.75) is 6.54 Å². The summed E-state index contributed by atoms with van der Waals surface area (Å²) in [6, 6.07) is 10.00. The highest BCUT2D eigenvalue weighted by Gasteiger charge is 2.08. The molecule has 0 bridgehead atoms. The number of rotatable bonds is 3. The van der Waals surface area contributed by atoms with Crippen molar-refractivity contribution in [3.8, 4) is 11.3 Å². The van der Waals surface area contributed by atoms with E-state index >= 15 is 0 Å². The number of benzene rings is 1. The SMILES string of the molecule is CNCc1ccc(-c2cc(Br)ccc2Br)o1. The van der Waals surface area contributed by atoms with Crippen LogP contribution < -0.4 is 5.32 Å². The van der Waals surface area contributed by atoms with Crippen molar-refractivity contribution in [2.24, 2.45) is 0 Å². The first-order valence-electron chi connectivity index (χ1n) is 4.89. The fraction of sp³-hybridized carbons (Fsp3) is 0.167. The van der Waals surface area contributed by atoms with Crippen LogP contribution in [0.25, 0.3) is 11.3 Å². The second-order valence-corrected chi connectivity index (χ2v) is 5.19. The summed E-state index contributed by atoms with van der Waals surface area (Å²) >= 11 is 6.98. The molecular formula is C12H11Br2NO. The third-order valence-electron chi connectivity index (χ3n) is 2.21. The van der Waals surface area contributed by atoms with Crippen LogP contribution in [0, 0.1) is 0 Å². The molecule has 1 N–H and O–H groups in total. The van der Waals surface area contributed by atoms with Gasteiger partial charge in [-0.25, -0.2) is 0 Å². The number of nitrogens with one attached hydrogen (secondary N) is 1. The predicted molar refractivity (Wildman–Crippen MR) is 72.3 cm³/mol. The molecule has 0 radical (unpaired) electrons. The zero-order chi connectivity index (χ0) is 11.5. The molecule has 0 aliphatic heterocycles. The Bertz CT molecular complexity index is 494. The zero-order valence-electron chi connectivity index (χ0n) is 8.76. The van der Waals surface area contributed by atoms with E-state index in [1.165, 1.54) is 0 Å². The fourth-order valence-corrected chi connectivity index (χ4v) is 2.28. The maximum atomic E-state index is 5.73. The summed E-state index contributed by atoms with van der Waals surface area (Å²) in [6.07, 6.45) is 0. The highest BCUT2D eigenvalue weighted by Crippen LogP contribution is 2.32. The average molecular weight is 345 g/mol. The third kappa shape index (κ3) is 2.56. The Morgan fingerprint density at radius 1 is 1.19 bits per heavy atom. The maximum absolute atomic E-state index is 5.73. The highest BCUT2D eigenvalue weighted by atomic mass is 79.9. The van der Waals surface area contributed by atoms with Gasteiger partial charge in [0.15, 0.2) is 0 Å². The van der Waals surface area contributed by atoms with Gasteiger partial charge in [-0.1, -0.05) is 31.9 Å². The van der Waals surface area contributed by atoms with Gasteiger partial charge in [0, 0.05) is 14.5 Å². The molecule has 1 aromatic carbocycles. The second kappa shape index (κ2) is 5.17. The Balaban J connectivity index is 2.38. The van der Waals surface area contributed by atoms with E-state index in [1.807, 2.05) is 37.4 Å². The Morgan fingerprint density at radius 2 is 2.00 bits per heavy atom. The van der Waals surface area contributed by atoms with Crippen molar-refractivity contribution in [1.29, 1.82) is 0 Å². The number of hydrogen-bond donors (Lipinski definition) is 1.